The van der Waals surface area contributed by atoms with Crippen molar-refractivity contribution < 1.29 is 14.3 Å². The molecule has 4 nitrogen and oxygen atoms in total. The molecule has 1 saturated heterocycles. The lowest BCUT2D eigenvalue weighted by Gasteiger charge is -2.45. The van der Waals surface area contributed by atoms with Gasteiger partial charge in [0, 0.05) is 13.1 Å². The maximum absolute atomic E-state index is 10.9. The summed E-state index contributed by atoms with van der Waals surface area (Å²) >= 11 is 0. The molecule has 4 heteroatoms. The molecule has 0 aromatic carbocycles. The molecule has 1 aliphatic rings. The molecule has 0 amide bonds. The quantitative estimate of drug-likeness (QED) is 0.854. The lowest BCUT2D eigenvalue weighted by molar-refractivity contribution is -0.146. The molecule has 0 bridgehead atoms. The van der Waals surface area contributed by atoms with E-state index >= 15 is 0 Å². The maximum atomic E-state index is 10.9. The van der Waals surface area contributed by atoms with E-state index in [-0.39, 0.29) is 11.8 Å². The Kier molecular flexibility index (Phi) is 3.52. The van der Waals surface area contributed by atoms with Crippen LogP contribution in [0.15, 0.2) is 22.8 Å². The molecule has 1 aliphatic heterocycles. The second kappa shape index (κ2) is 4.92. The molecule has 0 radical (unpaired) electrons. The highest BCUT2D eigenvalue weighted by Gasteiger charge is 2.38. The largest absolute Gasteiger partial charge is 0.481 e. The normalized spacial score (nSPS) is 20.8. The Morgan fingerprint density at radius 3 is 2.82 bits per heavy atom. The van der Waals surface area contributed by atoms with Gasteiger partial charge in [-0.1, -0.05) is 13.8 Å². The number of carbonyl (C=O) groups is 1. The van der Waals surface area contributed by atoms with E-state index in [4.69, 9.17) is 9.52 Å². The summed E-state index contributed by atoms with van der Waals surface area (Å²) < 4.78 is 5.43. The summed E-state index contributed by atoms with van der Waals surface area (Å²) in [6.45, 7) is 5.62. The van der Waals surface area contributed by atoms with Gasteiger partial charge in [-0.2, -0.15) is 0 Å². The van der Waals surface area contributed by atoms with Crippen LogP contribution in [0.1, 0.15) is 32.1 Å². The fraction of sp³-hybridized carbons (Fsp3) is 0.615. The zero-order valence-corrected chi connectivity index (χ0v) is 10.3. The van der Waals surface area contributed by atoms with Crippen molar-refractivity contribution >= 4 is 5.97 Å². The van der Waals surface area contributed by atoms with Crippen LogP contribution in [0.5, 0.6) is 0 Å². The molecule has 2 rings (SSSR count). The van der Waals surface area contributed by atoms with E-state index in [2.05, 4.69) is 11.8 Å². The Labute approximate surface area is 101 Å². The SMILES string of the molecule is CCC(c1ccco1)N1CC(C(C)C(=O)O)C1. The summed E-state index contributed by atoms with van der Waals surface area (Å²) in [5.74, 6) is 0.312. The average Bonchev–Trinajstić information content (AvgIpc) is 2.74. The summed E-state index contributed by atoms with van der Waals surface area (Å²) in [7, 11) is 0. The molecule has 94 valence electrons. The van der Waals surface area contributed by atoms with E-state index in [0.717, 1.165) is 25.3 Å². The van der Waals surface area contributed by atoms with Gasteiger partial charge in [0.25, 0.3) is 0 Å². The van der Waals surface area contributed by atoms with Gasteiger partial charge in [0.15, 0.2) is 0 Å². The molecule has 1 aromatic heterocycles. The van der Waals surface area contributed by atoms with Crippen molar-refractivity contribution in [2.24, 2.45) is 11.8 Å². The van der Waals surface area contributed by atoms with Crippen LogP contribution in [0.25, 0.3) is 0 Å². The number of carboxylic acid groups (broad SMARTS) is 1. The van der Waals surface area contributed by atoms with Crippen molar-refractivity contribution in [3.05, 3.63) is 24.2 Å². The number of likely N-dealkylation sites (tertiary alicyclic amines) is 1. The van der Waals surface area contributed by atoms with E-state index in [0.29, 0.717) is 6.04 Å². The third-order valence-electron chi connectivity index (χ3n) is 3.73. The highest BCUT2D eigenvalue weighted by molar-refractivity contribution is 5.70. The molecular formula is C13H19NO3. The van der Waals surface area contributed by atoms with Gasteiger partial charge in [-0.05, 0) is 24.5 Å². The number of aliphatic carboxylic acids is 1. The monoisotopic (exact) mass is 237 g/mol. The van der Waals surface area contributed by atoms with Crippen LogP contribution in [0.2, 0.25) is 0 Å². The van der Waals surface area contributed by atoms with Crippen molar-refractivity contribution in [3.8, 4) is 0 Å². The maximum Gasteiger partial charge on any atom is 0.306 e. The molecule has 0 aliphatic carbocycles. The summed E-state index contributed by atoms with van der Waals surface area (Å²) in [6, 6.07) is 4.18. The Morgan fingerprint density at radius 2 is 2.35 bits per heavy atom. The first-order valence-corrected chi connectivity index (χ1v) is 6.13. The van der Waals surface area contributed by atoms with Gasteiger partial charge < -0.3 is 9.52 Å². The van der Waals surface area contributed by atoms with Crippen molar-refractivity contribution in [1.29, 1.82) is 0 Å². The van der Waals surface area contributed by atoms with Crippen LogP contribution in [-0.4, -0.2) is 29.1 Å². The van der Waals surface area contributed by atoms with Crippen molar-refractivity contribution in [2.45, 2.75) is 26.3 Å². The van der Waals surface area contributed by atoms with Crippen LogP contribution in [0, 0.1) is 11.8 Å². The smallest absolute Gasteiger partial charge is 0.306 e. The minimum absolute atomic E-state index is 0.250. The zero-order valence-electron chi connectivity index (χ0n) is 10.3. The number of nitrogens with zero attached hydrogens (tertiary/aromatic N) is 1. The fourth-order valence-electron chi connectivity index (χ4n) is 2.44. The van der Waals surface area contributed by atoms with Gasteiger partial charge in [0.2, 0.25) is 0 Å². The van der Waals surface area contributed by atoms with E-state index in [1.807, 2.05) is 12.1 Å². The minimum Gasteiger partial charge on any atom is -0.481 e. The van der Waals surface area contributed by atoms with E-state index in [9.17, 15) is 4.79 Å². The second-order valence-corrected chi connectivity index (χ2v) is 4.78. The first kappa shape index (κ1) is 12.2. The number of hydrogen-bond donors (Lipinski definition) is 1. The summed E-state index contributed by atoms with van der Waals surface area (Å²) in [6.07, 6.45) is 2.68. The predicted octanol–water partition coefficient (Wildman–Crippen LogP) is 2.38. The lowest BCUT2D eigenvalue weighted by atomic mass is 9.85. The molecule has 2 unspecified atom stereocenters. The molecule has 1 N–H and O–H groups in total. The van der Waals surface area contributed by atoms with E-state index in [1.165, 1.54) is 0 Å². The standard InChI is InChI=1S/C13H19NO3/c1-3-11(12-5-4-6-17-12)14-7-10(8-14)9(2)13(15)16/h4-6,9-11H,3,7-8H2,1-2H3,(H,15,16). The second-order valence-electron chi connectivity index (χ2n) is 4.78. The van der Waals surface area contributed by atoms with E-state index < -0.39 is 5.97 Å². The third kappa shape index (κ3) is 2.36. The molecule has 2 atom stereocenters. The van der Waals surface area contributed by atoms with Gasteiger partial charge in [0.1, 0.15) is 5.76 Å². The number of hydrogen-bond acceptors (Lipinski definition) is 3. The zero-order chi connectivity index (χ0) is 12.4. The molecular weight excluding hydrogens is 218 g/mol. The summed E-state index contributed by atoms with van der Waals surface area (Å²) in [5.41, 5.74) is 0. The topological polar surface area (TPSA) is 53.7 Å². The lowest BCUT2D eigenvalue weighted by Crippen LogP contribution is -2.52. The molecule has 1 aromatic rings. The van der Waals surface area contributed by atoms with Crippen LogP contribution < -0.4 is 0 Å². The van der Waals surface area contributed by atoms with Gasteiger partial charge in [-0.3, -0.25) is 9.69 Å². The third-order valence-corrected chi connectivity index (χ3v) is 3.73. The molecule has 2 heterocycles. The Hall–Kier alpha value is -1.29. The van der Waals surface area contributed by atoms with Gasteiger partial charge in [-0.25, -0.2) is 0 Å². The first-order chi connectivity index (χ1) is 8.13. The fourth-order valence-corrected chi connectivity index (χ4v) is 2.44. The highest BCUT2D eigenvalue weighted by atomic mass is 16.4. The van der Waals surface area contributed by atoms with Crippen LogP contribution in [-0.2, 0) is 4.79 Å². The highest BCUT2D eigenvalue weighted by Crippen LogP contribution is 2.34. The van der Waals surface area contributed by atoms with Gasteiger partial charge in [-0.15, -0.1) is 0 Å². The Morgan fingerprint density at radius 1 is 1.65 bits per heavy atom. The van der Waals surface area contributed by atoms with Crippen LogP contribution >= 0.6 is 0 Å². The average molecular weight is 237 g/mol. The first-order valence-electron chi connectivity index (χ1n) is 6.13. The van der Waals surface area contributed by atoms with E-state index in [1.54, 1.807) is 13.2 Å². The van der Waals surface area contributed by atoms with Gasteiger partial charge in [0.05, 0.1) is 18.2 Å². The van der Waals surface area contributed by atoms with Crippen molar-refractivity contribution in [2.75, 3.05) is 13.1 Å². The van der Waals surface area contributed by atoms with Crippen LogP contribution in [0.3, 0.4) is 0 Å². The Balaban J connectivity index is 1.92. The molecule has 17 heavy (non-hydrogen) atoms. The molecule has 0 saturated carbocycles. The molecule has 0 spiro atoms. The van der Waals surface area contributed by atoms with Gasteiger partial charge >= 0.3 is 5.97 Å². The minimum atomic E-state index is -0.694. The summed E-state index contributed by atoms with van der Waals surface area (Å²) in [5, 5.41) is 8.95. The van der Waals surface area contributed by atoms with Crippen molar-refractivity contribution in [1.82, 2.24) is 4.90 Å². The Bertz CT molecular complexity index is 368. The summed E-state index contributed by atoms with van der Waals surface area (Å²) in [4.78, 5) is 13.2. The predicted molar refractivity (Wildman–Crippen MR) is 63.6 cm³/mol. The number of rotatable bonds is 5. The van der Waals surface area contributed by atoms with Crippen molar-refractivity contribution in [3.63, 3.8) is 0 Å². The molecule has 1 fully saturated rings. The number of furan rings is 1. The van der Waals surface area contributed by atoms with Crippen LogP contribution in [0.4, 0.5) is 0 Å². The number of carboxylic acids is 1.